The molecule has 134 valence electrons. The van der Waals surface area contributed by atoms with Gasteiger partial charge >= 0.3 is 0 Å². The van der Waals surface area contributed by atoms with Crippen LogP contribution in [0.1, 0.15) is 40.2 Å². The van der Waals surface area contributed by atoms with Crippen molar-refractivity contribution < 1.29 is 18.1 Å². The van der Waals surface area contributed by atoms with Gasteiger partial charge in [0, 0.05) is 37.3 Å². The summed E-state index contributed by atoms with van der Waals surface area (Å²) in [5.41, 5.74) is 1.88. The van der Waals surface area contributed by atoms with Crippen molar-refractivity contribution in [2.75, 3.05) is 13.1 Å². The van der Waals surface area contributed by atoms with Crippen molar-refractivity contribution in [1.29, 1.82) is 0 Å². The first-order valence-corrected chi connectivity index (χ1v) is 8.34. The van der Waals surface area contributed by atoms with Crippen molar-refractivity contribution in [3.05, 3.63) is 52.4 Å². The Balaban J connectivity index is 1.53. The number of nitrogens with one attached hydrogen (secondary N) is 1. The molecule has 5 nitrogen and oxygen atoms in total. The summed E-state index contributed by atoms with van der Waals surface area (Å²) in [4.78, 5) is 14.4. The summed E-state index contributed by atoms with van der Waals surface area (Å²) in [7, 11) is 0. The number of carbonyl (C=O) groups is 1. The van der Waals surface area contributed by atoms with Crippen LogP contribution in [0.25, 0.3) is 0 Å². The molecule has 1 aliphatic heterocycles. The van der Waals surface area contributed by atoms with Crippen molar-refractivity contribution >= 4 is 5.91 Å². The van der Waals surface area contributed by atoms with E-state index < -0.39 is 17.5 Å². The maximum atomic E-state index is 13.7. The number of aryl methyl sites for hydroxylation is 2. The first-order chi connectivity index (χ1) is 11.9. The van der Waals surface area contributed by atoms with Gasteiger partial charge in [0.2, 0.25) is 0 Å². The topological polar surface area (TPSA) is 58.4 Å². The van der Waals surface area contributed by atoms with Crippen LogP contribution in [0.4, 0.5) is 8.78 Å². The fourth-order valence-corrected chi connectivity index (χ4v) is 3.12. The maximum absolute atomic E-state index is 13.7. The molecule has 0 atom stereocenters. The summed E-state index contributed by atoms with van der Waals surface area (Å²) in [6, 6.07) is 2.97. The van der Waals surface area contributed by atoms with Crippen LogP contribution in [0.2, 0.25) is 0 Å². The van der Waals surface area contributed by atoms with Crippen molar-refractivity contribution in [3.63, 3.8) is 0 Å². The molecule has 1 aromatic heterocycles. The molecule has 1 aromatic carbocycles. The molecule has 0 saturated carbocycles. The number of nitrogens with zero attached hydrogens (tertiary/aromatic N) is 2. The van der Waals surface area contributed by atoms with Crippen LogP contribution < -0.4 is 5.32 Å². The summed E-state index contributed by atoms with van der Waals surface area (Å²) < 4.78 is 31.8. The molecule has 1 fully saturated rings. The highest BCUT2D eigenvalue weighted by molar-refractivity contribution is 5.94. The van der Waals surface area contributed by atoms with Gasteiger partial charge in [0.15, 0.2) is 0 Å². The van der Waals surface area contributed by atoms with Crippen LogP contribution in [-0.4, -0.2) is 35.1 Å². The molecule has 7 heteroatoms. The smallest absolute Gasteiger partial charge is 0.254 e. The zero-order chi connectivity index (χ0) is 18.0. The number of likely N-dealkylation sites (tertiary alicyclic amines) is 1. The average molecular weight is 349 g/mol. The van der Waals surface area contributed by atoms with Gasteiger partial charge in [0.25, 0.3) is 5.91 Å². The van der Waals surface area contributed by atoms with E-state index in [1.165, 1.54) is 6.07 Å². The third-order valence-corrected chi connectivity index (χ3v) is 4.66. The predicted octanol–water partition coefficient (Wildman–Crippen LogP) is 2.96. The highest BCUT2D eigenvalue weighted by Gasteiger charge is 2.23. The molecule has 25 heavy (non-hydrogen) atoms. The number of rotatable bonds is 4. The Hall–Kier alpha value is -2.28. The van der Waals surface area contributed by atoms with Gasteiger partial charge < -0.3 is 9.84 Å². The Morgan fingerprint density at radius 3 is 2.64 bits per heavy atom. The normalized spacial score (nSPS) is 16.2. The van der Waals surface area contributed by atoms with E-state index in [0.717, 1.165) is 61.6 Å². The third-order valence-electron chi connectivity index (χ3n) is 4.66. The molecule has 0 bridgehead atoms. The lowest BCUT2D eigenvalue weighted by atomic mass is 10.0. The summed E-state index contributed by atoms with van der Waals surface area (Å²) in [6.07, 6.45) is 1.55. The summed E-state index contributed by atoms with van der Waals surface area (Å²) in [6.45, 7) is 6.24. The summed E-state index contributed by atoms with van der Waals surface area (Å²) >= 11 is 0. The molecule has 3 rings (SSSR count). The van der Waals surface area contributed by atoms with Gasteiger partial charge in [-0.1, -0.05) is 5.16 Å². The van der Waals surface area contributed by atoms with Gasteiger partial charge in [-0.15, -0.1) is 0 Å². The van der Waals surface area contributed by atoms with Gasteiger partial charge in [0.1, 0.15) is 17.4 Å². The molecule has 0 spiro atoms. The highest BCUT2D eigenvalue weighted by Crippen LogP contribution is 2.19. The van der Waals surface area contributed by atoms with E-state index in [2.05, 4.69) is 15.4 Å². The number of aromatic nitrogens is 1. The van der Waals surface area contributed by atoms with Crippen molar-refractivity contribution in [2.24, 2.45) is 0 Å². The Kier molecular flexibility index (Phi) is 5.13. The van der Waals surface area contributed by atoms with Crippen LogP contribution in [0.5, 0.6) is 0 Å². The molecule has 2 aromatic rings. The average Bonchev–Trinajstić information content (AvgIpc) is 2.88. The first kappa shape index (κ1) is 17.5. The van der Waals surface area contributed by atoms with Crippen molar-refractivity contribution in [3.8, 4) is 0 Å². The second-order valence-electron chi connectivity index (χ2n) is 6.45. The number of hydrogen-bond donors (Lipinski definition) is 1. The summed E-state index contributed by atoms with van der Waals surface area (Å²) in [5.74, 6) is -1.20. The lowest BCUT2D eigenvalue weighted by Crippen LogP contribution is -2.44. The van der Waals surface area contributed by atoms with Crippen LogP contribution >= 0.6 is 0 Å². The van der Waals surface area contributed by atoms with Crippen LogP contribution in [0, 0.1) is 25.5 Å². The molecular formula is C18H21F2N3O2. The zero-order valence-electron chi connectivity index (χ0n) is 14.3. The van der Waals surface area contributed by atoms with E-state index in [-0.39, 0.29) is 11.6 Å². The Morgan fingerprint density at radius 2 is 2.04 bits per heavy atom. The zero-order valence-corrected chi connectivity index (χ0v) is 14.3. The second-order valence-corrected chi connectivity index (χ2v) is 6.45. The van der Waals surface area contributed by atoms with Gasteiger partial charge in [-0.3, -0.25) is 9.69 Å². The number of halogens is 2. The minimum atomic E-state index is -0.839. The van der Waals surface area contributed by atoms with E-state index in [4.69, 9.17) is 4.52 Å². The predicted molar refractivity (Wildman–Crippen MR) is 88.1 cm³/mol. The van der Waals surface area contributed by atoms with Crippen LogP contribution in [0.15, 0.2) is 22.7 Å². The van der Waals surface area contributed by atoms with Gasteiger partial charge in [-0.05, 0) is 38.8 Å². The largest absolute Gasteiger partial charge is 0.361 e. The number of benzene rings is 1. The fourth-order valence-electron chi connectivity index (χ4n) is 3.12. The monoisotopic (exact) mass is 349 g/mol. The number of carbonyl (C=O) groups excluding carboxylic acids is 1. The maximum Gasteiger partial charge on any atom is 0.254 e. The minimum Gasteiger partial charge on any atom is -0.361 e. The molecule has 1 N–H and O–H groups in total. The molecule has 0 radical (unpaired) electrons. The van der Waals surface area contributed by atoms with Crippen LogP contribution in [-0.2, 0) is 6.54 Å². The van der Waals surface area contributed by atoms with Crippen molar-refractivity contribution in [2.45, 2.75) is 39.3 Å². The number of amides is 1. The molecule has 1 amide bonds. The van der Waals surface area contributed by atoms with Crippen molar-refractivity contribution in [1.82, 2.24) is 15.4 Å². The number of hydrogen-bond acceptors (Lipinski definition) is 4. The molecule has 0 unspecified atom stereocenters. The van der Waals surface area contributed by atoms with Gasteiger partial charge in [-0.2, -0.15) is 0 Å². The standard InChI is InChI=1S/C18H21F2N3O2/c1-11-16(12(2)25-22-11)10-23-7-5-14(6-8-23)21-18(24)15-4-3-13(19)9-17(15)20/h3-4,9,14H,5-8,10H2,1-2H3,(H,21,24). The van der Waals surface area contributed by atoms with E-state index in [0.29, 0.717) is 0 Å². The molecule has 1 saturated heterocycles. The molecule has 2 heterocycles. The van der Waals surface area contributed by atoms with E-state index >= 15 is 0 Å². The summed E-state index contributed by atoms with van der Waals surface area (Å²) in [5, 5.41) is 6.80. The highest BCUT2D eigenvalue weighted by atomic mass is 19.1. The minimum absolute atomic E-state index is 0.0159. The Morgan fingerprint density at radius 1 is 1.32 bits per heavy atom. The second kappa shape index (κ2) is 7.31. The third kappa shape index (κ3) is 4.04. The molecule has 0 aliphatic carbocycles. The molecular weight excluding hydrogens is 328 g/mol. The Bertz CT molecular complexity index is 748. The van der Waals surface area contributed by atoms with Gasteiger partial charge in [-0.25, -0.2) is 8.78 Å². The Labute approximate surface area is 145 Å². The lowest BCUT2D eigenvalue weighted by Gasteiger charge is -2.32. The van der Waals surface area contributed by atoms with Gasteiger partial charge in [0.05, 0.1) is 11.3 Å². The molecule has 1 aliphatic rings. The first-order valence-electron chi connectivity index (χ1n) is 8.34. The quantitative estimate of drug-likeness (QED) is 0.922. The lowest BCUT2D eigenvalue weighted by molar-refractivity contribution is 0.0904. The number of piperidine rings is 1. The van der Waals surface area contributed by atoms with Crippen LogP contribution in [0.3, 0.4) is 0 Å². The van der Waals surface area contributed by atoms with E-state index in [9.17, 15) is 13.6 Å². The SMILES string of the molecule is Cc1noc(C)c1CN1CCC(NC(=O)c2ccc(F)cc2F)CC1. The fraction of sp³-hybridized carbons (Fsp3) is 0.444. The van der Waals surface area contributed by atoms with E-state index in [1.807, 2.05) is 13.8 Å². The van der Waals surface area contributed by atoms with E-state index in [1.54, 1.807) is 0 Å².